The molecular weight excluding hydrogens is 211 g/mol. The fourth-order valence-electron chi connectivity index (χ4n) is 1.26. The zero-order chi connectivity index (χ0) is 9.47. The normalized spacial score (nSPS) is 19.6. The van der Waals surface area contributed by atoms with Crippen molar-refractivity contribution in [2.45, 2.75) is 5.54 Å². The number of nitrogens with zero attached hydrogens (tertiary/aromatic N) is 1. The van der Waals surface area contributed by atoms with Gasteiger partial charge in [-0.2, -0.15) is 0 Å². The molecular formula is C8H8Cl2N2O. The predicted molar refractivity (Wildman–Crippen MR) is 50.9 cm³/mol. The van der Waals surface area contributed by atoms with E-state index in [1.807, 2.05) is 0 Å². The van der Waals surface area contributed by atoms with Crippen molar-refractivity contribution in [3.05, 3.63) is 28.0 Å². The van der Waals surface area contributed by atoms with Gasteiger partial charge in [-0.05, 0) is 6.07 Å². The van der Waals surface area contributed by atoms with Gasteiger partial charge in [0.1, 0.15) is 10.3 Å². The SMILES string of the molecule is NC1(c2ccc(Cl)nc2Cl)COC1. The summed E-state index contributed by atoms with van der Waals surface area (Å²) in [6.07, 6.45) is 0. The summed E-state index contributed by atoms with van der Waals surface area (Å²) in [6.45, 7) is 0.964. The summed E-state index contributed by atoms with van der Waals surface area (Å²) in [5.74, 6) is 0. The Bertz CT molecular complexity index is 339. The Hall–Kier alpha value is -0.350. The van der Waals surface area contributed by atoms with Crippen molar-refractivity contribution >= 4 is 23.2 Å². The number of ether oxygens (including phenoxy) is 1. The fourth-order valence-corrected chi connectivity index (χ4v) is 1.79. The quantitative estimate of drug-likeness (QED) is 0.729. The molecule has 5 heteroatoms. The second-order valence-corrected chi connectivity index (χ2v) is 3.87. The number of pyridine rings is 1. The lowest BCUT2D eigenvalue weighted by Crippen LogP contribution is -2.54. The van der Waals surface area contributed by atoms with Crippen LogP contribution in [0.1, 0.15) is 5.56 Å². The van der Waals surface area contributed by atoms with Crippen LogP contribution in [-0.4, -0.2) is 18.2 Å². The van der Waals surface area contributed by atoms with E-state index in [0.717, 1.165) is 5.56 Å². The van der Waals surface area contributed by atoms with Crippen molar-refractivity contribution in [2.75, 3.05) is 13.2 Å². The summed E-state index contributed by atoms with van der Waals surface area (Å²) in [6, 6.07) is 3.47. The molecule has 0 amide bonds. The molecule has 1 aromatic rings. The first-order chi connectivity index (χ1) is 6.12. The predicted octanol–water partition coefficient (Wildman–Crippen LogP) is 1.57. The smallest absolute Gasteiger partial charge is 0.136 e. The first-order valence-corrected chi connectivity index (χ1v) is 4.56. The minimum Gasteiger partial charge on any atom is -0.377 e. The van der Waals surface area contributed by atoms with Gasteiger partial charge in [0.25, 0.3) is 0 Å². The van der Waals surface area contributed by atoms with Gasteiger partial charge in [0.2, 0.25) is 0 Å². The van der Waals surface area contributed by atoms with E-state index in [2.05, 4.69) is 4.98 Å². The first kappa shape index (κ1) is 9.21. The lowest BCUT2D eigenvalue weighted by atomic mass is 9.91. The minimum atomic E-state index is -0.478. The van der Waals surface area contributed by atoms with E-state index in [4.69, 9.17) is 33.7 Å². The van der Waals surface area contributed by atoms with Gasteiger partial charge in [0.15, 0.2) is 0 Å². The van der Waals surface area contributed by atoms with Crippen molar-refractivity contribution in [1.82, 2.24) is 4.98 Å². The molecule has 3 nitrogen and oxygen atoms in total. The molecule has 1 saturated heterocycles. The van der Waals surface area contributed by atoms with Crippen LogP contribution in [0.4, 0.5) is 0 Å². The number of hydrogen-bond acceptors (Lipinski definition) is 3. The minimum absolute atomic E-state index is 0.360. The van der Waals surface area contributed by atoms with E-state index < -0.39 is 5.54 Å². The van der Waals surface area contributed by atoms with Crippen LogP contribution in [0.25, 0.3) is 0 Å². The lowest BCUT2D eigenvalue weighted by molar-refractivity contribution is -0.0570. The van der Waals surface area contributed by atoms with Crippen LogP contribution in [0, 0.1) is 0 Å². The van der Waals surface area contributed by atoms with Crippen LogP contribution in [0.15, 0.2) is 12.1 Å². The van der Waals surface area contributed by atoms with Crippen molar-refractivity contribution in [3.63, 3.8) is 0 Å². The van der Waals surface area contributed by atoms with Crippen molar-refractivity contribution < 1.29 is 4.74 Å². The average molecular weight is 219 g/mol. The molecule has 2 N–H and O–H groups in total. The maximum atomic E-state index is 5.98. The monoisotopic (exact) mass is 218 g/mol. The number of halogens is 2. The number of hydrogen-bond donors (Lipinski definition) is 1. The molecule has 0 radical (unpaired) electrons. The molecule has 1 aliphatic heterocycles. The summed E-state index contributed by atoms with van der Waals surface area (Å²) < 4.78 is 5.03. The first-order valence-electron chi connectivity index (χ1n) is 3.81. The maximum absolute atomic E-state index is 5.98. The van der Waals surface area contributed by atoms with Gasteiger partial charge < -0.3 is 10.5 Å². The molecule has 2 heterocycles. The highest BCUT2D eigenvalue weighted by Crippen LogP contribution is 2.31. The summed E-state index contributed by atoms with van der Waals surface area (Å²) in [5.41, 5.74) is 6.30. The molecule has 0 atom stereocenters. The molecule has 0 aromatic carbocycles. The van der Waals surface area contributed by atoms with Crippen LogP contribution in [0.3, 0.4) is 0 Å². The van der Waals surface area contributed by atoms with Crippen LogP contribution >= 0.6 is 23.2 Å². The third kappa shape index (κ3) is 1.53. The zero-order valence-electron chi connectivity index (χ0n) is 6.76. The Morgan fingerprint density at radius 1 is 1.38 bits per heavy atom. The lowest BCUT2D eigenvalue weighted by Gasteiger charge is -2.38. The van der Waals surface area contributed by atoms with Gasteiger partial charge in [-0.1, -0.05) is 29.3 Å². The van der Waals surface area contributed by atoms with E-state index in [9.17, 15) is 0 Å². The largest absolute Gasteiger partial charge is 0.377 e. The van der Waals surface area contributed by atoms with E-state index in [1.54, 1.807) is 12.1 Å². The Balaban J connectivity index is 2.40. The molecule has 0 spiro atoms. The third-order valence-corrected chi connectivity index (χ3v) is 2.57. The van der Waals surface area contributed by atoms with Gasteiger partial charge in [0, 0.05) is 5.56 Å². The second kappa shape index (κ2) is 3.10. The molecule has 13 heavy (non-hydrogen) atoms. The van der Waals surface area contributed by atoms with Gasteiger partial charge in [-0.25, -0.2) is 4.98 Å². The van der Waals surface area contributed by atoms with Gasteiger partial charge >= 0.3 is 0 Å². The molecule has 0 saturated carbocycles. The topological polar surface area (TPSA) is 48.1 Å². The summed E-state index contributed by atoms with van der Waals surface area (Å²) in [7, 11) is 0. The Kier molecular flexibility index (Phi) is 2.20. The second-order valence-electron chi connectivity index (χ2n) is 3.12. The standard InChI is InChI=1S/C8H8Cl2N2O/c9-6-2-1-5(7(10)12-6)8(11)3-13-4-8/h1-2H,3-4,11H2. The van der Waals surface area contributed by atoms with Gasteiger partial charge in [-0.15, -0.1) is 0 Å². The number of nitrogens with two attached hydrogens (primary N) is 1. The zero-order valence-corrected chi connectivity index (χ0v) is 8.27. The number of aromatic nitrogens is 1. The Morgan fingerprint density at radius 3 is 2.54 bits per heavy atom. The van der Waals surface area contributed by atoms with Crippen molar-refractivity contribution in [1.29, 1.82) is 0 Å². The summed E-state index contributed by atoms with van der Waals surface area (Å²) >= 11 is 11.6. The molecule has 1 aromatic heterocycles. The molecule has 1 fully saturated rings. The highest BCUT2D eigenvalue weighted by Gasteiger charge is 2.38. The highest BCUT2D eigenvalue weighted by molar-refractivity contribution is 6.32. The average Bonchev–Trinajstić information content (AvgIpc) is 2.00. The van der Waals surface area contributed by atoms with E-state index in [1.165, 1.54) is 0 Å². The third-order valence-electron chi connectivity index (χ3n) is 2.07. The van der Waals surface area contributed by atoms with Crippen LogP contribution < -0.4 is 5.73 Å². The van der Waals surface area contributed by atoms with Crippen LogP contribution in [0.2, 0.25) is 10.3 Å². The highest BCUT2D eigenvalue weighted by atomic mass is 35.5. The van der Waals surface area contributed by atoms with Gasteiger partial charge in [-0.3, -0.25) is 0 Å². The molecule has 70 valence electrons. The van der Waals surface area contributed by atoms with Crippen LogP contribution in [-0.2, 0) is 10.3 Å². The molecule has 0 unspecified atom stereocenters. The van der Waals surface area contributed by atoms with E-state index >= 15 is 0 Å². The molecule has 2 rings (SSSR count). The van der Waals surface area contributed by atoms with Crippen molar-refractivity contribution in [2.24, 2.45) is 5.73 Å². The van der Waals surface area contributed by atoms with Crippen molar-refractivity contribution in [3.8, 4) is 0 Å². The van der Waals surface area contributed by atoms with Crippen LogP contribution in [0.5, 0.6) is 0 Å². The number of rotatable bonds is 1. The maximum Gasteiger partial charge on any atom is 0.136 e. The van der Waals surface area contributed by atoms with E-state index in [-0.39, 0.29) is 0 Å². The summed E-state index contributed by atoms with van der Waals surface area (Å²) in [4.78, 5) is 3.92. The Morgan fingerprint density at radius 2 is 2.08 bits per heavy atom. The molecule has 0 aliphatic carbocycles. The molecule has 1 aliphatic rings. The summed E-state index contributed by atoms with van der Waals surface area (Å²) in [5, 5.41) is 0.732. The fraction of sp³-hybridized carbons (Fsp3) is 0.375. The van der Waals surface area contributed by atoms with E-state index in [0.29, 0.717) is 23.5 Å². The molecule has 0 bridgehead atoms. The Labute approximate surface area is 85.8 Å². The van der Waals surface area contributed by atoms with Gasteiger partial charge in [0.05, 0.1) is 18.8 Å².